The maximum atomic E-state index is 10.4. The first-order valence-corrected chi connectivity index (χ1v) is 5.66. The molecule has 72 valence electrons. The van der Waals surface area contributed by atoms with Gasteiger partial charge >= 0.3 is 8.25 Å². The molecular weight excluding hydrogens is 175 g/mol. The van der Waals surface area contributed by atoms with E-state index in [-0.39, 0.29) is 6.10 Å². The first kappa shape index (κ1) is 12.0. The van der Waals surface area contributed by atoms with Crippen LogP contribution in [0.5, 0.6) is 0 Å². The highest BCUT2D eigenvalue weighted by Gasteiger charge is 2.21. The lowest BCUT2D eigenvalue weighted by molar-refractivity contribution is 0.166. The smallest absolute Gasteiger partial charge is 0.133 e. The molecule has 0 aliphatic rings. The summed E-state index contributed by atoms with van der Waals surface area (Å²) in [7, 11) is -2.42. The molecule has 0 heterocycles. The minimum atomic E-state index is -2.42. The van der Waals surface area contributed by atoms with Crippen molar-refractivity contribution in [3.8, 4) is 0 Å². The zero-order valence-corrected chi connectivity index (χ0v) is 8.72. The van der Waals surface area contributed by atoms with Gasteiger partial charge in [-0.2, -0.15) is 0 Å². The third-order valence-corrected chi connectivity index (χ3v) is 2.21. The first-order valence-electron chi connectivity index (χ1n) is 4.53. The monoisotopic (exact) mass is 193 g/mol. The fourth-order valence-electron chi connectivity index (χ4n) is 1.13. The molecule has 0 spiro atoms. The molecule has 2 atom stereocenters. The van der Waals surface area contributed by atoms with Crippen LogP contribution in [0.4, 0.5) is 0 Å². The highest BCUT2D eigenvalue weighted by molar-refractivity contribution is 7.32. The van der Waals surface area contributed by atoms with Crippen molar-refractivity contribution in [3.63, 3.8) is 0 Å². The first-order chi connectivity index (χ1) is 5.70. The second-order valence-electron chi connectivity index (χ2n) is 2.90. The van der Waals surface area contributed by atoms with E-state index >= 15 is 0 Å². The van der Waals surface area contributed by atoms with Crippen LogP contribution in [0.2, 0.25) is 0 Å². The number of unbranched alkanes of at least 4 members (excludes halogenated alkanes) is 1. The van der Waals surface area contributed by atoms with E-state index in [1.54, 1.807) is 0 Å². The van der Waals surface area contributed by atoms with Gasteiger partial charge < -0.3 is 0 Å². The van der Waals surface area contributed by atoms with Gasteiger partial charge in [0.15, 0.2) is 0 Å². The number of hydrogen-bond acceptors (Lipinski definition) is 2. The van der Waals surface area contributed by atoms with E-state index in [1.807, 2.05) is 6.92 Å². The standard InChI is InChI=1S/C8H17O3P/c1-3-5-7-8(6-4-2)11-12(9)10/h8H,3-7H2,1-2H3/p+1. The van der Waals surface area contributed by atoms with Gasteiger partial charge in [-0.15, -0.1) is 9.42 Å². The molecule has 0 radical (unpaired) electrons. The van der Waals surface area contributed by atoms with Crippen LogP contribution in [0.15, 0.2) is 0 Å². The molecule has 0 saturated carbocycles. The highest BCUT2D eigenvalue weighted by atomic mass is 31.1. The van der Waals surface area contributed by atoms with Crippen molar-refractivity contribution in [2.24, 2.45) is 0 Å². The average molecular weight is 193 g/mol. The Morgan fingerprint density at radius 1 is 1.33 bits per heavy atom. The maximum absolute atomic E-state index is 10.4. The van der Waals surface area contributed by atoms with Gasteiger partial charge in [0.2, 0.25) is 0 Å². The fraction of sp³-hybridized carbons (Fsp3) is 1.00. The van der Waals surface area contributed by atoms with Crippen LogP contribution in [0.3, 0.4) is 0 Å². The Labute approximate surface area is 75.1 Å². The van der Waals surface area contributed by atoms with Crippen LogP contribution in [0.25, 0.3) is 0 Å². The zero-order chi connectivity index (χ0) is 9.40. The summed E-state index contributed by atoms with van der Waals surface area (Å²) in [5.74, 6) is 0. The second-order valence-corrected chi connectivity index (χ2v) is 3.58. The van der Waals surface area contributed by atoms with Crippen LogP contribution in [0, 0.1) is 0 Å². The second kappa shape index (κ2) is 7.66. The summed E-state index contributed by atoms with van der Waals surface area (Å²) < 4.78 is 15.2. The molecule has 0 aromatic heterocycles. The molecule has 2 unspecified atom stereocenters. The predicted octanol–water partition coefficient (Wildman–Crippen LogP) is 3.01. The third-order valence-electron chi connectivity index (χ3n) is 1.73. The van der Waals surface area contributed by atoms with Crippen molar-refractivity contribution >= 4 is 8.25 Å². The molecule has 0 aliphatic heterocycles. The topological polar surface area (TPSA) is 46.5 Å². The Morgan fingerprint density at radius 2 is 2.00 bits per heavy atom. The molecule has 4 heteroatoms. The summed E-state index contributed by atoms with van der Waals surface area (Å²) >= 11 is 0. The Bertz CT molecular complexity index is 127. The summed E-state index contributed by atoms with van der Waals surface area (Å²) in [4.78, 5) is 8.54. The van der Waals surface area contributed by atoms with Crippen LogP contribution < -0.4 is 0 Å². The van der Waals surface area contributed by atoms with Crippen molar-refractivity contribution in [2.45, 2.75) is 52.1 Å². The molecule has 0 aromatic carbocycles. The van der Waals surface area contributed by atoms with Gasteiger partial charge in [0.1, 0.15) is 6.10 Å². The summed E-state index contributed by atoms with van der Waals surface area (Å²) in [6, 6.07) is 0. The minimum Gasteiger partial charge on any atom is -0.133 e. The fourth-order valence-corrected chi connectivity index (χ4v) is 1.60. The van der Waals surface area contributed by atoms with Gasteiger partial charge in [-0.05, 0) is 12.8 Å². The van der Waals surface area contributed by atoms with E-state index in [9.17, 15) is 4.57 Å². The minimum absolute atomic E-state index is 0.0245. The Hall–Kier alpha value is 0.0200. The van der Waals surface area contributed by atoms with Gasteiger partial charge in [0, 0.05) is 4.57 Å². The average Bonchev–Trinajstić information content (AvgIpc) is 2.00. The van der Waals surface area contributed by atoms with Crippen molar-refractivity contribution in [1.82, 2.24) is 0 Å². The lowest BCUT2D eigenvalue weighted by Gasteiger charge is -2.06. The summed E-state index contributed by atoms with van der Waals surface area (Å²) in [6.45, 7) is 4.15. The van der Waals surface area contributed by atoms with E-state index in [1.165, 1.54) is 0 Å². The van der Waals surface area contributed by atoms with Crippen LogP contribution >= 0.6 is 8.25 Å². The van der Waals surface area contributed by atoms with E-state index in [0.717, 1.165) is 32.1 Å². The van der Waals surface area contributed by atoms with Crippen LogP contribution in [0.1, 0.15) is 46.0 Å². The highest BCUT2D eigenvalue weighted by Crippen LogP contribution is 2.23. The largest absolute Gasteiger partial charge is 0.694 e. The van der Waals surface area contributed by atoms with E-state index in [2.05, 4.69) is 6.92 Å². The normalized spacial score (nSPS) is 14.4. The molecule has 0 aliphatic carbocycles. The SMILES string of the molecule is CCCCC(CCC)O[P+](=O)O. The van der Waals surface area contributed by atoms with Crippen LogP contribution in [-0.4, -0.2) is 11.0 Å². The van der Waals surface area contributed by atoms with Crippen molar-refractivity contribution in [1.29, 1.82) is 0 Å². The van der Waals surface area contributed by atoms with E-state index in [4.69, 9.17) is 9.42 Å². The Balaban J connectivity index is 3.61. The van der Waals surface area contributed by atoms with Crippen molar-refractivity contribution in [3.05, 3.63) is 0 Å². The van der Waals surface area contributed by atoms with Crippen LogP contribution in [-0.2, 0) is 9.09 Å². The Morgan fingerprint density at radius 3 is 2.42 bits per heavy atom. The van der Waals surface area contributed by atoms with Gasteiger partial charge in [-0.3, -0.25) is 0 Å². The van der Waals surface area contributed by atoms with E-state index < -0.39 is 8.25 Å². The molecule has 0 bridgehead atoms. The third kappa shape index (κ3) is 6.71. The molecule has 0 amide bonds. The molecule has 3 nitrogen and oxygen atoms in total. The lowest BCUT2D eigenvalue weighted by Crippen LogP contribution is -2.08. The van der Waals surface area contributed by atoms with E-state index in [0.29, 0.717) is 0 Å². The molecule has 0 rings (SSSR count). The zero-order valence-electron chi connectivity index (χ0n) is 7.82. The summed E-state index contributed by atoms with van der Waals surface area (Å²) in [5.41, 5.74) is 0. The Kier molecular flexibility index (Phi) is 7.67. The maximum Gasteiger partial charge on any atom is 0.694 e. The summed E-state index contributed by atoms with van der Waals surface area (Å²) in [6.07, 6.45) is 4.91. The molecule has 0 saturated heterocycles. The quantitative estimate of drug-likeness (QED) is 0.632. The molecule has 1 N–H and O–H groups in total. The molecule has 0 fully saturated rings. The molecule has 0 aromatic rings. The van der Waals surface area contributed by atoms with Gasteiger partial charge in [-0.1, -0.05) is 33.1 Å². The number of hydrogen-bond donors (Lipinski definition) is 1. The van der Waals surface area contributed by atoms with Crippen molar-refractivity contribution < 1.29 is 14.0 Å². The molecular formula is C8H18O3P+. The van der Waals surface area contributed by atoms with Gasteiger partial charge in [0.25, 0.3) is 0 Å². The van der Waals surface area contributed by atoms with Gasteiger partial charge in [0.05, 0.1) is 0 Å². The lowest BCUT2D eigenvalue weighted by atomic mass is 10.1. The summed E-state index contributed by atoms with van der Waals surface area (Å²) in [5, 5.41) is 0. The number of rotatable bonds is 7. The molecule has 12 heavy (non-hydrogen) atoms. The predicted molar refractivity (Wildman–Crippen MR) is 49.1 cm³/mol. The van der Waals surface area contributed by atoms with Gasteiger partial charge in [-0.25, -0.2) is 0 Å². The van der Waals surface area contributed by atoms with Crippen molar-refractivity contribution in [2.75, 3.05) is 0 Å².